The largest absolute Gasteiger partial charge is 0.243 e. The second-order valence-electron chi connectivity index (χ2n) is 5.72. The van der Waals surface area contributed by atoms with Gasteiger partial charge in [-0.25, -0.2) is 22.0 Å². The van der Waals surface area contributed by atoms with Crippen molar-refractivity contribution in [1.82, 2.24) is 4.31 Å². The van der Waals surface area contributed by atoms with Gasteiger partial charge in [-0.1, -0.05) is 36.4 Å². The predicted molar refractivity (Wildman–Crippen MR) is 95.6 cm³/mol. The standard InChI is InChI=1S/C17H18N2O4S2/c18-24(20,21)16-6-8-17(9-7-16)25(22,23)19-12-10-15(11-13-19)14-4-2-1-3-5-14/h1-10H,11-13H2,(H2,18,20,21). The summed E-state index contributed by atoms with van der Waals surface area (Å²) in [7, 11) is -7.52. The lowest BCUT2D eigenvalue weighted by Gasteiger charge is -2.26. The second-order valence-corrected chi connectivity index (χ2v) is 9.22. The van der Waals surface area contributed by atoms with Crippen LogP contribution in [0.4, 0.5) is 0 Å². The van der Waals surface area contributed by atoms with Crippen LogP contribution in [-0.4, -0.2) is 34.2 Å². The molecule has 2 N–H and O–H groups in total. The Balaban J connectivity index is 1.81. The monoisotopic (exact) mass is 378 g/mol. The van der Waals surface area contributed by atoms with E-state index in [0.717, 1.165) is 11.1 Å². The van der Waals surface area contributed by atoms with Crippen LogP contribution in [0.3, 0.4) is 0 Å². The van der Waals surface area contributed by atoms with E-state index in [2.05, 4.69) is 0 Å². The van der Waals surface area contributed by atoms with E-state index in [4.69, 9.17) is 5.14 Å². The Kier molecular flexibility index (Phi) is 4.79. The maximum absolute atomic E-state index is 12.7. The quantitative estimate of drug-likeness (QED) is 0.877. The molecule has 25 heavy (non-hydrogen) atoms. The summed E-state index contributed by atoms with van der Waals surface area (Å²) in [6.07, 6.45) is 2.54. The molecule has 0 radical (unpaired) electrons. The molecule has 6 nitrogen and oxygen atoms in total. The molecular formula is C17H18N2O4S2. The number of rotatable bonds is 4. The average Bonchev–Trinajstić information content (AvgIpc) is 2.62. The Labute approximate surface area is 147 Å². The number of primary sulfonamides is 1. The Morgan fingerprint density at radius 3 is 1.96 bits per heavy atom. The van der Waals surface area contributed by atoms with Crippen molar-refractivity contribution in [3.05, 3.63) is 66.2 Å². The van der Waals surface area contributed by atoms with E-state index in [1.165, 1.54) is 28.6 Å². The lowest BCUT2D eigenvalue weighted by molar-refractivity contribution is 0.441. The van der Waals surface area contributed by atoms with Crippen molar-refractivity contribution in [2.24, 2.45) is 5.14 Å². The Morgan fingerprint density at radius 2 is 1.44 bits per heavy atom. The van der Waals surface area contributed by atoms with Crippen LogP contribution in [0.2, 0.25) is 0 Å². The van der Waals surface area contributed by atoms with Crippen molar-refractivity contribution in [3.63, 3.8) is 0 Å². The molecule has 1 heterocycles. The van der Waals surface area contributed by atoms with Crippen molar-refractivity contribution in [3.8, 4) is 0 Å². The van der Waals surface area contributed by atoms with Crippen LogP contribution >= 0.6 is 0 Å². The van der Waals surface area contributed by atoms with Gasteiger partial charge in [0.05, 0.1) is 9.79 Å². The van der Waals surface area contributed by atoms with Gasteiger partial charge >= 0.3 is 0 Å². The van der Waals surface area contributed by atoms with E-state index in [9.17, 15) is 16.8 Å². The van der Waals surface area contributed by atoms with Crippen molar-refractivity contribution in [2.45, 2.75) is 16.2 Å². The van der Waals surface area contributed by atoms with Gasteiger partial charge in [0.25, 0.3) is 0 Å². The minimum Gasteiger partial charge on any atom is -0.225 e. The summed E-state index contributed by atoms with van der Waals surface area (Å²) in [6, 6.07) is 14.8. The highest BCUT2D eigenvalue weighted by Gasteiger charge is 2.26. The fourth-order valence-electron chi connectivity index (χ4n) is 2.73. The van der Waals surface area contributed by atoms with Gasteiger partial charge in [-0.15, -0.1) is 0 Å². The van der Waals surface area contributed by atoms with Gasteiger partial charge < -0.3 is 0 Å². The van der Waals surface area contributed by atoms with Crippen molar-refractivity contribution in [2.75, 3.05) is 13.1 Å². The zero-order valence-corrected chi connectivity index (χ0v) is 15.0. The Bertz CT molecular complexity index is 996. The first-order valence-corrected chi connectivity index (χ1v) is 10.6. The molecule has 0 aromatic heterocycles. The van der Waals surface area contributed by atoms with Crippen LogP contribution < -0.4 is 5.14 Å². The molecule has 0 bridgehead atoms. The van der Waals surface area contributed by atoms with Crippen LogP contribution in [0.5, 0.6) is 0 Å². The Morgan fingerprint density at radius 1 is 0.840 bits per heavy atom. The maximum Gasteiger partial charge on any atom is 0.243 e. The van der Waals surface area contributed by atoms with Gasteiger partial charge in [0.2, 0.25) is 20.0 Å². The normalized spacial score (nSPS) is 16.4. The molecule has 0 aliphatic carbocycles. The first-order valence-electron chi connectivity index (χ1n) is 7.66. The Hall–Kier alpha value is -2.00. The van der Waals surface area contributed by atoms with E-state index in [0.29, 0.717) is 13.0 Å². The van der Waals surface area contributed by atoms with Gasteiger partial charge in [-0.3, -0.25) is 0 Å². The molecule has 0 atom stereocenters. The van der Waals surface area contributed by atoms with Gasteiger partial charge in [0.1, 0.15) is 0 Å². The number of nitrogens with two attached hydrogens (primary N) is 1. The molecule has 0 saturated heterocycles. The molecule has 1 aliphatic rings. The highest BCUT2D eigenvalue weighted by molar-refractivity contribution is 7.89. The van der Waals surface area contributed by atoms with Crippen LogP contribution in [-0.2, 0) is 20.0 Å². The van der Waals surface area contributed by atoms with Gasteiger partial charge in [-0.2, -0.15) is 4.31 Å². The van der Waals surface area contributed by atoms with Crippen molar-refractivity contribution >= 4 is 25.6 Å². The van der Waals surface area contributed by atoms with Crippen LogP contribution in [0.15, 0.2) is 70.5 Å². The van der Waals surface area contributed by atoms with Crippen molar-refractivity contribution in [1.29, 1.82) is 0 Å². The predicted octanol–water partition coefficient (Wildman–Crippen LogP) is 1.81. The van der Waals surface area contributed by atoms with Crippen molar-refractivity contribution < 1.29 is 16.8 Å². The molecule has 2 aromatic carbocycles. The van der Waals surface area contributed by atoms with Crippen LogP contribution in [0.1, 0.15) is 12.0 Å². The fraction of sp³-hybridized carbons (Fsp3) is 0.176. The summed E-state index contributed by atoms with van der Waals surface area (Å²) in [6.45, 7) is 0.656. The zero-order chi connectivity index (χ0) is 18.1. The summed E-state index contributed by atoms with van der Waals surface area (Å²) in [4.78, 5) is -0.0622. The third-order valence-electron chi connectivity index (χ3n) is 4.11. The maximum atomic E-state index is 12.7. The summed E-state index contributed by atoms with van der Waals surface area (Å²) in [5.74, 6) is 0. The molecular weight excluding hydrogens is 360 g/mol. The molecule has 0 unspecified atom stereocenters. The third-order valence-corrected chi connectivity index (χ3v) is 6.92. The number of hydrogen-bond donors (Lipinski definition) is 1. The second kappa shape index (κ2) is 6.72. The molecule has 3 rings (SSSR count). The first-order chi connectivity index (χ1) is 11.8. The molecule has 1 aliphatic heterocycles. The number of sulfonamides is 2. The van der Waals surface area contributed by atoms with E-state index < -0.39 is 20.0 Å². The number of benzene rings is 2. The molecule has 0 fully saturated rings. The van der Waals surface area contributed by atoms with E-state index >= 15 is 0 Å². The van der Waals surface area contributed by atoms with Gasteiger partial charge in [-0.05, 0) is 41.8 Å². The minimum atomic E-state index is -3.85. The summed E-state index contributed by atoms with van der Waals surface area (Å²) < 4.78 is 49.3. The molecule has 0 amide bonds. The van der Waals surface area contributed by atoms with Crippen LogP contribution in [0.25, 0.3) is 5.57 Å². The highest BCUT2D eigenvalue weighted by Crippen LogP contribution is 2.26. The molecule has 2 aromatic rings. The average molecular weight is 378 g/mol. The van der Waals surface area contributed by atoms with E-state index in [1.807, 2.05) is 36.4 Å². The first kappa shape index (κ1) is 17.8. The lowest BCUT2D eigenvalue weighted by atomic mass is 10.0. The SMILES string of the molecule is NS(=O)(=O)c1ccc(S(=O)(=O)N2CC=C(c3ccccc3)CC2)cc1. The summed E-state index contributed by atoms with van der Waals surface area (Å²) >= 11 is 0. The smallest absolute Gasteiger partial charge is 0.225 e. The highest BCUT2D eigenvalue weighted by atomic mass is 32.2. The topological polar surface area (TPSA) is 97.5 Å². The molecule has 8 heteroatoms. The number of nitrogens with zero attached hydrogens (tertiary/aromatic N) is 1. The summed E-state index contributed by atoms with van der Waals surface area (Å²) in [5.41, 5.74) is 2.22. The zero-order valence-electron chi connectivity index (χ0n) is 13.4. The summed E-state index contributed by atoms with van der Waals surface area (Å²) in [5, 5.41) is 5.03. The van der Waals surface area contributed by atoms with Gasteiger partial charge in [0, 0.05) is 13.1 Å². The molecule has 0 spiro atoms. The molecule has 132 valence electrons. The number of hydrogen-bond acceptors (Lipinski definition) is 4. The van der Waals surface area contributed by atoms with E-state index in [-0.39, 0.29) is 16.3 Å². The minimum absolute atomic E-state index is 0.0523. The molecule has 0 saturated carbocycles. The lowest BCUT2D eigenvalue weighted by Crippen LogP contribution is -2.34. The van der Waals surface area contributed by atoms with Gasteiger partial charge in [0.15, 0.2) is 0 Å². The van der Waals surface area contributed by atoms with Crippen LogP contribution in [0, 0.1) is 0 Å². The fourth-order valence-corrected chi connectivity index (χ4v) is 4.63. The third kappa shape index (κ3) is 3.82. The van der Waals surface area contributed by atoms with E-state index in [1.54, 1.807) is 0 Å².